The number of rotatable bonds is 6. The van der Waals surface area contributed by atoms with Crippen LogP contribution in [0.25, 0.3) is 5.69 Å². The number of carbonyl (C=O) groups excluding carboxylic acids is 1. The highest BCUT2D eigenvalue weighted by molar-refractivity contribution is 6.05. The van der Waals surface area contributed by atoms with Crippen LogP contribution in [0.3, 0.4) is 0 Å². The van der Waals surface area contributed by atoms with Gasteiger partial charge in [0.25, 0.3) is 5.89 Å². The van der Waals surface area contributed by atoms with Crippen molar-refractivity contribution < 1.29 is 18.7 Å². The second-order valence-corrected chi connectivity index (χ2v) is 6.30. The van der Waals surface area contributed by atoms with Crippen LogP contribution in [0.1, 0.15) is 16.2 Å². The van der Waals surface area contributed by atoms with Crippen LogP contribution in [-0.2, 0) is 0 Å². The Morgan fingerprint density at radius 3 is 2.07 bits per heavy atom. The molecule has 0 spiro atoms. The van der Waals surface area contributed by atoms with E-state index in [0.29, 0.717) is 22.7 Å². The fourth-order valence-corrected chi connectivity index (χ4v) is 2.82. The first-order chi connectivity index (χ1) is 14.7. The largest absolute Gasteiger partial charge is 0.497 e. The molecule has 0 aliphatic rings. The van der Waals surface area contributed by atoms with Crippen LogP contribution >= 0.6 is 0 Å². The number of ether oxygens (including phenoxy) is 2. The normalized spacial score (nSPS) is 11.3. The maximum absolute atomic E-state index is 12.8. The molecule has 0 aliphatic carbocycles. The second-order valence-electron chi connectivity index (χ2n) is 6.30. The topological polar surface area (TPSA) is 78.9 Å². The molecule has 0 amide bonds. The van der Waals surface area contributed by atoms with Crippen LogP contribution in [0, 0.1) is 0 Å². The Labute approximate surface area is 172 Å². The molecular weight excluding hydrogens is 382 g/mol. The zero-order valence-electron chi connectivity index (χ0n) is 16.5. The average Bonchev–Trinajstić information content (AvgIpc) is 3.23. The van der Waals surface area contributed by atoms with E-state index < -0.39 is 0 Å². The Morgan fingerprint density at radius 1 is 0.867 bits per heavy atom. The maximum atomic E-state index is 12.8. The first-order valence-corrected chi connectivity index (χ1v) is 9.21. The minimum atomic E-state index is -0.325. The van der Waals surface area contributed by atoms with Crippen molar-refractivity contribution in [1.29, 1.82) is 0 Å². The van der Waals surface area contributed by atoms with E-state index in [9.17, 15) is 4.79 Å². The molecular formula is C23H19N3O4. The number of aromatic nitrogens is 2. The molecule has 150 valence electrons. The summed E-state index contributed by atoms with van der Waals surface area (Å²) in [6.45, 7) is 0. The van der Waals surface area contributed by atoms with E-state index in [1.54, 1.807) is 74.9 Å². The monoisotopic (exact) mass is 401 g/mol. The van der Waals surface area contributed by atoms with E-state index in [1.807, 2.05) is 18.2 Å². The van der Waals surface area contributed by atoms with Gasteiger partial charge in [-0.1, -0.05) is 30.3 Å². The molecule has 0 fully saturated rings. The maximum Gasteiger partial charge on any atom is 0.325 e. The standard InChI is InChI=1S/C23H19N3O4/c1-28-19-12-8-17(9-13-19)24-23-26(18-10-14-20(29-2)15-11-18)25-22(30-23)21(27)16-6-4-3-5-7-16/h3-15H,1-2H3/b24-23+. The molecule has 3 aromatic carbocycles. The van der Waals surface area contributed by atoms with Crippen LogP contribution in [0.2, 0.25) is 0 Å². The molecule has 0 saturated heterocycles. The summed E-state index contributed by atoms with van der Waals surface area (Å²) in [5.41, 5.74) is 1.97. The van der Waals surface area contributed by atoms with Crippen molar-refractivity contribution in [3.63, 3.8) is 0 Å². The number of benzene rings is 3. The summed E-state index contributed by atoms with van der Waals surface area (Å²) in [6, 6.07) is 23.2. The summed E-state index contributed by atoms with van der Waals surface area (Å²) in [7, 11) is 3.20. The molecule has 7 nitrogen and oxygen atoms in total. The van der Waals surface area contributed by atoms with E-state index in [2.05, 4.69) is 10.1 Å². The minimum Gasteiger partial charge on any atom is -0.497 e. The quantitative estimate of drug-likeness (QED) is 0.457. The zero-order valence-corrected chi connectivity index (χ0v) is 16.5. The second kappa shape index (κ2) is 8.48. The van der Waals surface area contributed by atoms with Gasteiger partial charge in [-0.05, 0) is 48.5 Å². The van der Waals surface area contributed by atoms with Gasteiger partial charge in [0.15, 0.2) is 0 Å². The van der Waals surface area contributed by atoms with Crippen molar-refractivity contribution in [3.8, 4) is 17.2 Å². The Kier molecular flexibility index (Phi) is 5.43. The highest BCUT2D eigenvalue weighted by atomic mass is 16.5. The number of ketones is 1. The Morgan fingerprint density at radius 2 is 1.47 bits per heavy atom. The van der Waals surface area contributed by atoms with Gasteiger partial charge >= 0.3 is 5.68 Å². The van der Waals surface area contributed by atoms with Crippen molar-refractivity contribution in [2.75, 3.05) is 14.2 Å². The fourth-order valence-electron chi connectivity index (χ4n) is 2.82. The van der Waals surface area contributed by atoms with Crippen molar-refractivity contribution in [3.05, 3.63) is 96.0 Å². The van der Waals surface area contributed by atoms with Gasteiger partial charge in [-0.25, -0.2) is 0 Å². The number of hydrogen-bond acceptors (Lipinski definition) is 6. The molecule has 7 heteroatoms. The Hall–Kier alpha value is -4.13. The van der Waals surface area contributed by atoms with Crippen LogP contribution < -0.4 is 15.2 Å². The highest BCUT2D eigenvalue weighted by Gasteiger charge is 2.18. The minimum absolute atomic E-state index is 0.0516. The summed E-state index contributed by atoms with van der Waals surface area (Å²) in [4.78, 5) is 17.4. The van der Waals surface area contributed by atoms with E-state index in [1.165, 1.54) is 4.68 Å². The molecule has 0 unspecified atom stereocenters. The van der Waals surface area contributed by atoms with Crippen LogP contribution in [0.5, 0.6) is 11.5 Å². The van der Waals surface area contributed by atoms with Crippen LogP contribution in [-0.4, -0.2) is 29.8 Å². The van der Waals surface area contributed by atoms with Crippen molar-refractivity contribution in [1.82, 2.24) is 9.78 Å². The Balaban J connectivity index is 1.82. The third kappa shape index (κ3) is 4.00. The lowest BCUT2D eigenvalue weighted by molar-refractivity contribution is 0.100. The summed E-state index contributed by atoms with van der Waals surface area (Å²) in [5, 5.41) is 4.38. The van der Waals surface area contributed by atoms with E-state index >= 15 is 0 Å². The summed E-state index contributed by atoms with van der Waals surface area (Å²) in [6.07, 6.45) is 0. The number of nitrogens with zero attached hydrogens (tertiary/aromatic N) is 3. The number of carbonyl (C=O) groups is 1. The van der Waals surface area contributed by atoms with Crippen LogP contribution in [0.4, 0.5) is 5.69 Å². The smallest absolute Gasteiger partial charge is 0.325 e. The lowest BCUT2D eigenvalue weighted by atomic mass is 10.1. The molecule has 0 radical (unpaired) electrons. The van der Waals surface area contributed by atoms with E-state index in [0.717, 1.165) is 5.75 Å². The molecule has 4 aromatic rings. The average molecular weight is 401 g/mol. The van der Waals surface area contributed by atoms with Gasteiger partial charge in [-0.3, -0.25) is 4.79 Å². The van der Waals surface area contributed by atoms with Gasteiger partial charge < -0.3 is 13.9 Å². The fraction of sp³-hybridized carbons (Fsp3) is 0.0870. The Bertz CT molecular complexity index is 1210. The predicted molar refractivity (Wildman–Crippen MR) is 110 cm³/mol. The van der Waals surface area contributed by atoms with E-state index in [-0.39, 0.29) is 17.4 Å². The third-order valence-electron chi connectivity index (χ3n) is 4.40. The third-order valence-corrected chi connectivity index (χ3v) is 4.40. The molecule has 4 rings (SSSR count). The lowest BCUT2D eigenvalue weighted by Crippen LogP contribution is -2.15. The molecule has 0 bridgehead atoms. The highest BCUT2D eigenvalue weighted by Crippen LogP contribution is 2.18. The van der Waals surface area contributed by atoms with Crippen molar-refractivity contribution in [2.45, 2.75) is 0 Å². The summed E-state index contributed by atoms with van der Waals surface area (Å²) < 4.78 is 17.7. The van der Waals surface area contributed by atoms with Crippen molar-refractivity contribution >= 4 is 11.5 Å². The molecule has 0 aliphatic heterocycles. The molecule has 0 N–H and O–H groups in total. The molecule has 30 heavy (non-hydrogen) atoms. The predicted octanol–water partition coefficient (Wildman–Crippen LogP) is 3.95. The van der Waals surface area contributed by atoms with Gasteiger partial charge in [0.1, 0.15) is 11.5 Å². The molecule has 1 heterocycles. The lowest BCUT2D eigenvalue weighted by Gasteiger charge is -2.02. The summed E-state index contributed by atoms with van der Waals surface area (Å²) >= 11 is 0. The molecule has 0 atom stereocenters. The van der Waals surface area contributed by atoms with Gasteiger partial charge in [0.05, 0.1) is 25.6 Å². The molecule has 0 saturated carbocycles. The number of hydrogen-bond donors (Lipinski definition) is 0. The van der Waals surface area contributed by atoms with Gasteiger partial charge in [0.2, 0.25) is 5.78 Å². The van der Waals surface area contributed by atoms with Gasteiger partial charge in [-0.15, -0.1) is 5.10 Å². The van der Waals surface area contributed by atoms with Crippen LogP contribution in [0.15, 0.2) is 88.3 Å². The van der Waals surface area contributed by atoms with E-state index in [4.69, 9.17) is 13.9 Å². The SMILES string of the molecule is COc1ccc(/N=c2/oc(C(=O)c3ccccc3)nn2-c2ccc(OC)cc2)cc1. The van der Waals surface area contributed by atoms with Gasteiger partial charge in [0, 0.05) is 5.56 Å². The van der Waals surface area contributed by atoms with Crippen molar-refractivity contribution in [2.24, 2.45) is 4.99 Å². The molecule has 1 aromatic heterocycles. The number of methoxy groups -OCH3 is 2. The first-order valence-electron chi connectivity index (χ1n) is 9.21. The summed E-state index contributed by atoms with van der Waals surface area (Å²) in [5.74, 6) is 1.05. The van der Waals surface area contributed by atoms with Gasteiger partial charge in [-0.2, -0.15) is 9.67 Å². The zero-order chi connectivity index (χ0) is 20.9. The first kappa shape index (κ1) is 19.2.